The van der Waals surface area contributed by atoms with Crippen molar-refractivity contribution >= 4 is 11.9 Å². The first-order chi connectivity index (χ1) is 7.26. The van der Waals surface area contributed by atoms with Gasteiger partial charge in [-0.15, -0.1) is 0 Å². The van der Waals surface area contributed by atoms with Crippen molar-refractivity contribution in [2.24, 2.45) is 11.8 Å². The Balaban J connectivity index is 2.62. The minimum atomic E-state index is -0.707. The SMILES string of the molecule is CC[C@H](C)[C@H]1C(=O)O[C@@H]1C(=O)OC(C)(C)C. The predicted molar refractivity (Wildman–Crippen MR) is 58.7 cm³/mol. The molecule has 4 nitrogen and oxygen atoms in total. The van der Waals surface area contributed by atoms with E-state index in [1.165, 1.54) is 0 Å². The van der Waals surface area contributed by atoms with E-state index >= 15 is 0 Å². The van der Waals surface area contributed by atoms with Gasteiger partial charge in [0.25, 0.3) is 0 Å². The van der Waals surface area contributed by atoms with Gasteiger partial charge in [0.1, 0.15) is 11.5 Å². The van der Waals surface area contributed by atoms with Crippen molar-refractivity contribution in [3.05, 3.63) is 0 Å². The summed E-state index contributed by atoms with van der Waals surface area (Å²) in [5, 5.41) is 0. The summed E-state index contributed by atoms with van der Waals surface area (Å²) in [6.45, 7) is 9.32. The van der Waals surface area contributed by atoms with E-state index in [-0.39, 0.29) is 17.8 Å². The van der Waals surface area contributed by atoms with Gasteiger partial charge in [-0.3, -0.25) is 4.79 Å². The number of cyclic esters (lactones) is 1. The molecule has 0 bridgehead atoms. The van der Waals surface area contributed by atoms with Crippen LogP contribution < -0.4 is 0 Å². The molecule has 1 rings (SSSR count). The topological polar surface area (TPSA) is 52.6 Å². The second kappa shape index (κ2) is 4.44. The number of carbonyl (C=O) groups excluding carboxylic acids is 2. The third kappa shape index (κ3) is 2.74. The summed E-state index contributed by atoms with van der Waals surface area (Å²) in [4.78, 5) is 23.0. The molecular formula is C12H20O4. The second-order valence-corrected chi connectivity index (χ2v) is 5.30. The highest BCUT2D eigenvalue weighted by molar-refractivity contribution is 5.91. The van der Waals surface area contributed by atoms with Crippen LogP contribution in [0.1, 0.15) is 41.0 Å². The molecule has 16 heavy (non-hydrogen) atoms. The van der Waals surface area contributed by atoms with Crippen LogP contribution in [0.3, 0.4) is 0 Å². The van der Waals surface area contributed by atoms with Gasteiger partial charge >= 0.3 is 11.9 Å². The Labute approximate surface area is 96.3 Å². The standard InChI is InChI=1S/C12H20O4/c1-6-7(2)8-9(15-10(8)13)11(14)16-12(3,4)5/h7-9H,6H2,1-5H3/t7-,8+,9-/m0/s1. The van der Waals surface area contributed by atoms with Crippen molar-refractivity contribution in [3.63, 3.8) is 0 Å². The van der Waals surface area contributed by atoms with E-state index < -0.39 is 17.7 Å². The second-order valence-electron chi connectivity index (χ2n) is 5.30. The zero-order valence-electron chi connectivity index (χ0n) is 10.6. The van der Waals surface area contributed by atoms with Gasteiger partial charge in [0.15, 0.2) is 0 Å². The van der Waals surface area contributed by atoms with Crippen molar-refractivity contribution in [2.75, 3.05) is 0 Å². The highest BCUT2D eigenvalue weighted by atomic mass is 16.6. The van der Waals surface area contributed by atoms with Crippen LogP contribution in [0.5, 0.6) is 0 Å². The Morgan fingerprint density at radius 1 is 1.50 bits per heavy atom. The molecule has 0 unspecified atom stereocenters. The fraction of sp³-hybridized carbons (Fsp3) is 0.833. The van der Waals surface area contributed by atoms with Gasteiger partial charge in [-0.2, -0.15) is 0 Å². The lowest BCUT2D eigenvalue weighted by molar-refractivity contribution is -0.207. The summed E-state index contributed by atoms with van der Waals surface area (Å²) in [5.74, 6) is -0.902. The fourth-order valence-corrected chi connectivity index (χ4v) is 1.67. The van der Waals surface area contributed by atoms with Crippen LogP contribution in [0.15, 0.2) is 0 Å². The summed E-state index contributed by atoms with van der Waals surface area (Å²) in [7, 11) is 0. The van der Waals surface area contributed by atoms with Crippen molar-refractivity contribution in [2.45, 2.75) is 52.7 Å². The normalized spacial score (nSPS) is 26.7. The maximum atomic E-state index is 11.7. The molecule has 1 saturated heterocycles. The highest BCUT2D eigenvalue weighted by Gasteiger charge is 2.51. The number of hydrogen-bond donors (Lipinski definition) is 0. The lowest BCUT2D eigenvalue weighted by Crippen LogP contribution is -2.54. The molecule has 1 fully saturated rings. The first kappa shape index (κ1) is 13.0. The molecular weight excluding hydrogens is 208 g/mol. The lowest BCUT2D eigenvalue weighted by atomic mass is 9.83. The number of rotatable bonds is 3. The first-order valence-electron chi connectivity index (χ1n) is 5.69. The zero-order chi connectivity index (χ0) is 12.5. The van der Waals surface area contributed by atoms with Crippen LogP contribution in [-0.2, 0) is 19.1 Å². The smallest absolute Gasteiger partial charge is 0.348 e. The number of carbonyl (C=O) groups is 2. The monoisotopic (exact) mass is 228 g/mol. The molecule has 1 heterocycles. The lowest BCUT2D eigenvalue weighted by Gasteiger charge is -2.37. The Kier molecular flexibility index (Phi) is 3.61. The third-order valence-electron chi connectivity index (χ3n) is 2.74. The molecule has 0 aromatic rings. The van der Waals surface area contributed by atoms with E-state index in [2.05, 4.69) is 0 Å². The summed E-state index contributed by atoms with van der Waals surface area (Å²) < 4.78 is 10.1. The average Bonchev–Trinajstić information content (AvgIpc) is 2.10. The van der Waals surface area contributed by atoms with Crippen LogP contribution in [0, 0.1) is 11.8 Å². The Bertz CT molecular complexity index is 290. The Morgan fingerprint density at radius 3 is 2.44 bits per heavy atom. The molecule has 0 spiro atoms. The van der Waals surface area contributed by atoms with Gasteiger partial charge in [0.2, 0.25) is 6.10 Å². The van der Waals surface area contributed by atoms with Gasteiger partial charge in [0, 0.05) is 0 Å². The summed E-state index contributed by atoms with van der Waals surface area (Å²) >= 11 is 0. The molecule has 4 heteroatoms. The van der Waals surface area contributed by atoms with E-state index in [0.717, 1.165) is 6.42 Å². The Hall–Kier alpha value is -1.06. The molecule has 1 aliphatic rings. The quantitative estimate of drug-likeness (QED) is 0.692. The molecule has 3 atom stereocenters. The minimum absolute atomic E-state index is 0.152. The molecule has 0 aromatic heterocycles. The van der Waals surface area contributed by atoms with Gasteiger partial charge in [-0.1, -0.05) is 20.3 Å². The van der Waals surface area contributed by atoms with E-state index in [9.17, 15) is 9.59 Å². The molecule has 0 amide bonds. The molecule has 0 aliphatic carbocycles. The van der Waals surface area contributed by atoms with Gasteiger partial charge < -0.3 is 9.47 Å². The molecule has 0 N–H and O–H groups in total. The largest absolute Gasteiger partial charge is 0.457 e. The van der Waals surface area contributed by atoms with Crippen molar-refractivity contribution < 1.29 is 19.1 Å². The number of esters is 2. The molecule has 0 aromatic carbocycles. The maximum absolute atomic E-state index is 11.7. The number of hydrogen-bond acceptors (Lipinski definition) is 4. The molecule has 92 valence electrons. The summed E-state index contributed by atoms with van der Waals surface area (Å²) in [6, 6.07) is 0. The first-order valence-corrected chi connectivity index (χ1v) is 5.69. The van der Waals surface area contributed by atoms with E-state index in [1.54, 1.807) is 20.8 Å². The van der Waals surface area contributed by atoms with Crippen molar-refractivity contribution in [1.29, 1.82) is 0 Å². The van der Waals surface area contributed by atoms with Crippen LogP contribution in [0.25, 0.3) is 0 Å². The van der Waals surface area contributed by atoms with Crippen LogP contribution in [0.2, 0.25) is 0 Å². The van der Waals surface area contributed by atoms with Gasteiger partial charge in [0.05, 0.1) is 0 Å². The third-order valence-corrected chi connectivity index (χ3v) is 2.74. The molecule has 0 radical (unpaired) electrons. The van der Waals surface area contributed by atoms with E-state index in [1.807, 2.05) is 13.8 Å². The molecule has 0 saturated carbocycles. The predicted octanol–water partition coefficient (Wildman–Crippen LogP) is 1.92. The highest BCUT2D eigenvalue weighted by Crippen LogP contribution is 2.32. The Morgan fingerprint density at radius 2 is 2.06 bits per heavy atom. The van der Waals surface area contributed by atoms with Crippen LogP contribution in [-0.4, -0.2) is 23.6 Å². The van der Waals surface area contributed by atoms with Gasteiger partial charge in [-0.05, 0) is 26.7 Å². The number of ether oxygens (including phenoxy) is 2. The zero-order valence-corrected chi connectivity index (χ0v) is 10.6. The van der Waals surface area contributed by atoms with E-state index in [4.69, 9.17) is 9.47 Å². The fourth-order valence-electron chi connectivity index (χ4n) is 1.67. The minimum Gasteiger partial charge on any atom is -0.457 e. The maximum Gasteiger partial charge on any atom is 0.348 e. The summed E-state index contributed by atoms with van der Waals surface area (Å²) in [5.41, 5.74) is -0.543. The van der Waals surface area contributed by atoms with E-state index in [0.29, 0.717) is 0 Å². The van der Waals surface area contributed by atoms with Gasteiger partial charge in [-0.25, -0.2) is 4.79 Å². The molecule has 1 aliphatic heterocycles. The summed E-state index contributed by atoms with van der Waals surface area (Å²) in [6.07, 6.45) is 0.140. The van der Waals surface area contributed by atoms with Crippen LogP contribution in [0.4, 0.5) is 0 Å². The van der Waals surface area contributed by atoms with Crippen molar-refractivity contribution in [1.82, 2.24) is 0 Å². The van der Waals surface area contributed by atoms with Crippen molar-refractivity contribution in [3.8, 4) is 0 Å². The average molecular weight is 228 g/mol. The van der Waals surface area contributed by atoms with Crippen LogP contribution >= 0.6 is 0 Å².